The molecular weight excluding hydrogens is 766 g/mol. The number of aliphatic carboxylic acids is 2. The van der Waals surface area contributed by atoms with Gasteiger partial charge in [-0.05, 0) is 64.2 Å². The maximum atomic E-state index is 13.9. The minimum absolute atomic E-state index is 0.000767. The van der Waals surface area contributed by atoms with Gasteiger partial charge in [0.1, 0.15) is 36.3 Å². The van der Waals surface area contributed by atoms with E-state index in [0.717, 1.165) is 4.90 Å². The normalized spacial score (nSPS) is 19.5. The lowest BCUT2D eigenvalue weighted by Crippen LogP contribution is -2.61. The van der Waals surface area contributed by atoms with Crippen LogP contribution in [0.5, 0.6) is 0 Å². The molecule has 2 fully saturated rings. The number of nitrogens with zero attached hydrogens (tertiary/aromatic N) is 3. The Kier molecular flexibility index (Phi) is 19.2. The molecule has 0 spiro atoms. The van der Waals surface area contributed by atoms with Gasteiger partial charge in [-0.25, -0.2) is 4.79 Å². The average Bonchev–Trinajstić information content (AvgIpc) is 3.83. The molecule has 0 aliphatic carbocycles. The molecular formula is C35H59N11O12. The van der Waals surface area contributed by atoms with E-state index in [1.165, 1.54) is 11.8 Å². The Hall–Kier alpha value is -5.58. The van der Waals surface area contributed by atoms with E-state index < -0.39 is 108 Å². The highest BCUT2D eigenvalue weighted by atomic mass is 16.4. The van der Waals surface area contributed by atoms with Crippen molar-refractivity contribution in [2.75, 3.05) is 19.6 Å². The minimum Gasteiger partial charge on any atom is -0.481 e. The van der Waals surface area contributed by atoms with E-state index in [2.05, 4.69) is 26.3 Å². The van der Waals surface area contributed by atoms with Gasteiger partial charge in [0.05, 0.1) is 18.6 Å². The quantitative estimate of drug-likeness (QED) is 0.0263. The maximum absolute atomic E-state index is 13.9. The summed E-state index contributed by atoms with van der Waals surface area (Å²) >= 11 is 0. The van der Waals surface area contributed by atoms with E-state index in [-0.39, 0.29) is 76.5 Å². The summed E-state index contributed by atoms with van der Waals surface area (Å²) < 4.78 is 0. The highest BCUT2D eigenvalue weighted by Gasteiger charge is 2.42. The van der Waals surface area contributed by atoms with Gasteiger partial charge in [0, 0.05) is 26.1 Å². The van der Waals surface area contributed by atoms with Crippen LogP contribution in [0.1, 0.15) is 85.0 Å². The summed E-state index contributed by atoms with van der Waals surface area (Å²) in [7, 11) is 0. The van der Waals surface area contributed by atoms with Crippen LogP contribution in [-0.2, 0) is 43.2 Å². The largest absolute Gasteiger partial charge is 0.481 e. The molecule has 0 saturated carbocycles. The number of rotatable bonds is 23. The van der Waals surface area contributed by atoms with Crippen molar-refractivity contribution in [2.24, 2.45) is 33.8 Å². The SMILES string of the molecule is CC(C)C[C@H](NC(=O)[C@H](CCCN=C(N)N)NC(=O)[C@@H](NC(=O)[C@@H]1CCCN1C(=O)[C@H](CC(N)=O)NC(=O)[C@@H]1CCCN1C(=O)[C@@H](N)CCC(=O)O)[C@@H](C)O)C(=O)O. The zero-order valence-corrected chi connectivity index (χ0v) is 33.1. The van der Waals surface area contributed by atoms with Crippen molar-refractivity contribution in [3.8, 4) is 0 Å². The molecule has 7 amide bonds. The van der Waals surface area contributed by atoms with E-state index in [0.29, 0.717) is 12.8 Å². The summed E-state index contributed by atoms with van der Waals surface area (Å²) in [5.74, 6) is -8.76. The number of carboxylic acid groups (broad SMARTS) is 2. The molecule has 2 rings (SSSR count). The number of aliphatic hydroxyl groups is 1. The van der Waals surface area contributed by atoms with Gasteiger partial charge in [-0.3, -0.25) is 43.3 Å². The molecule has 2 aliphatic rings. The number of aliphatic hydroxyl groups excluding tert-OH is 1. The monoisotopic (exact) mass is 825 g/mol. The van der Waals surface area contributed by atoms with Crippen molar-refractivity contribution in [3.63, 3.8) is 0 Å². The highest BCUT2D eigenvalue weighted by molar-refractivity contribution is 5.98. The Bertz CT molecular complexity index is 1550. The van der Waals surface area contributed by atoms with E-state index in [1.54, 1.807) is 13.8 Å². The zero-order chi connectivity index (χ0) is 43.9. The van der Waals surface area contributed by atoms with Gasteiger partial charge in [-0.2, -0.15) is 0 Å². The molecule has 15 N–H and O–H groups in total. The number of nitrogens with two attached hydrogens (primary N) is 4. The number of hydrogen-bond acceptors (Lipinski definition) is 12. The van der Waals surface area contributed by atoms with Crippen LogP contribution in [0, 0.1) is 5.92 Å². The van der Waals surface area contributed by atoms with Crippen molar-refractivity contribution in [1.29, 1.82) is 0 Å². The third-order valence-corrected chi connectivity index (χ3v) is 9.65. The molecule has 2 aliphatic heterocycles. The fourth-order valence-electron chi connectivity index (χ4n) is 6.74. The third-order valence-electron chi connectivity index (χ3n) is 9.65. The van der Waals surface area contributed by atoms with Gasteiger partial charge in [0.25, 0.3) is 0 Å². The number of guanidine groups is 1. The minimum atomic E-state index is -1.67. The van der Waals surface area contributed by atoms with Crippen LogP contribution in [0.2, 0.25) is 0 Å². The van der Waals surface area contributed by atoms with Gasteiger partial charge < -0.3 is 69.3 Å². The molecule has 8 atom stereocenters. The number of nitrogens with one attached hydrogen (secondary N) is 4. The number of carboxylic acids is 2. The Balaban J connectivity index is 2.24. The van der Waals surface area contributed by atoms with Crippen LogP contribution in [0.15, 0.2) is 4.99 Å². The van der Waals surface area contributed by atoms with Crippen molar-refractivity contribution >= 4 is 59.2 Å². The van der Waals surface area contributed by atoms with Crippen molar-refractivity contribution in [3.05, 3.63) is 0 Å². The summed E-state index contributed by atoms with van der Waals surface area (Å²) in [5.41, 5.74) is 22.1. The lowest BCUT2D eigenvalue weighted by molar-refractivity contribution is -0.145. The first-order valence-electron chi connectivity index (χ1n) is 19.2. The first-order valence-corrected chi connectivity index (χ1v) is 19.2. The molecule has 0 aromatic rings. The summed E-state index contributed by atoms with van der Waals surface area (Å²) in [6.07, 6.45) is -1.57. The summed E-state index contributed by atoms with van der Waals surface area (Å²) in [4.78, 5) is 122. The molecule has 0 aromatic carbocycles. The first kappa shape index (κ1) is 48.6. The van der Waals surface area contributed by atoms with Crippen molar-refractivity contribution < 1.29 is 58.5 Å². The van der Waals surface area contributed by atoms with Crippen LogP contribution in [0.3, 0.4) is 0 Å². The van der Waals surface area contributed by atoms with Gasteiger partial charge in [-0.1, -0.05) is 13.8 Å². The van der Waals surface area contributed by atoms with Crippen LogP contribution in [-0.4, -0.2) is 152 Å². The molecule has 58 heavy (non-hydrogen) atoms. The van der Waals surface area contributed by atoms with Crippen molar-refractivity contribution in [2.45, 2.75) is 133 Å². The number of aliphatic imine (C=N–C) groups is 1. The lowest BCUT2D eigenvalue weighted by Gasteiger charge is -2.32. The number of carbonyl (C=O) groups is 9. The second-order valence-electron chi connectivity index (χ2n) is 14.9. The van der Waals surface area contributed by atoms with E-state index in [9.17, 15) is 53.4 Å². The molecule has 326 valence electrons. The Labute approximate surface area is 335 Å². The molecule has 0 unspecified atom stereocenters. The Morgan fingerprint density at radius 2 is 1.29 bits per heavy atom. The van der Waals surface area contributed by atoms with E-state index in [4.69, 9.17) is 28.0 Å². The molecule has 2 saturated heterocycles. The van der Waals surface area contributed by atoms with Gasteiger partial charge in [-0.15, -0.1) is 0 Å². The predicted molar refractivity (Wildman–Crippen MR) is 205 cm³/mol. The average molecular weight is 826 g/mol. The lowest BCUT2D eigenvalue weighted by atomic mass is 10.0. The molecule has 0 aromatic heterocycles. The summed E-state index contributed by atoms with van der Waals surface area (Å²) in [6, 6.07) is -9.37. The van der Waals surface area contributed by atoms with Crippen LogP contribution >= 0.6 is 0 Å². The molecule has 0 radical (unpaired) electrons. The predicted octanol–water partition coefficient (Wildman–Crippen LogP) is -4.46. The van der Waals surface area contributed by atoms with Crippen LogP contribution in [0.25, 0.3) is 0 Å². The number of amides is 7. The highest BCUT2D eigenvalue weighted by Crippen LogP contribution is 2.22. The standard InChI is InChI=1S/C35H59N11O12/c1-17(2)15-22(34(57)58)43-28(51)20(7-4-12-40-35(38)39)41-31(54)27(18(3)47)44-30(53)24-9-6-14-46(24)33(56)21(16-25(37)48)42-29(52)23-8-5-13-45(23)32(55)19(36)10-11-26(49)50/h17-24,27,47H,4-16,36H2,1-3H3,(H2,37,48)(H,41,54)(H,42,52)(H,43,51)(H,44,53)(H,49,50)(H,57,58)(H4,38,39,40)/t18-,19+,20+,21+,22+,23+,24+,27+/m1/s1. The number of likely N-dealkylation sites (tertiary alicyclic amines) is 2. The Morgan fingerprint density at radius 3 is 1.79 bits per heavy atom. The van der Waals surface area contributed by atoms with Crippen molar-refractivity contribution in [1.82, 2.24) is 31.1 Å². The van der Waals surface area contributed by atoms with E-state index >= 15 is 0 Å². The van der Waals surface area contributed by atoms with Crippen LogP contribution in [0.4, 0.5) is 0 Å². The topological polar surface area (TPSA) is 385 Å². The number of carbonyl (C=O) groups excluding carboxylic acids is 7. The first-order chi connectivity index (χ1) is 27.1. The van der Waals surface area contributed by atoms with E-state index in [1.807, 2.05) is 0 Å². The fraction of sp³-hybridized carbons (Fsp3) is 0.714. The molecule has 23 heteroatoms. The smallest absolute Gasteiger partial charge is 0.326 e. The van der Waals surface area contributed by atoms with Gasteiger partial charge >= 0.3 is 11.9 Å². The summed E-state index contributed by atoms with van der Waals surface area (Å²) in [6.45, 7) is 4.93. The van der Waals surface area contributed by atoms with Crippen LogP contribution < -0.4 is 44.2 Å². The number of hydrogen-bond donors (Lipinski definition) is 11. The maximum Gasteiger partial charge on any atom is 0.326 e. The van der Waals surface area contributed by atoms with Gasteiger partial charge in [0.2, 0.25) is 41.4 Å². The third kappa shape index (κ3) is 15.1. The zero-order valence-electron chi connectivity index (χ0n) is 33.1. The second kappa shape index (κ2) is 23.0. The van der Waals surface area contributed by atoms with Gasteiger partial charge in [0.15, 0.2) is 5.96 Å². The molecule has 23 nitrogen and oxygen atoms in total. The molecule has 0 bridgehead atoms. The fourth-order valence-corrected chi connectivity index (χ4v) is 6.74. The Morgan fingerprint density at radius 1 is 0.741 bits per heavy atom. The summed E-state index contributed by atoms with van der Waals surface area (Å²) in [5, 5.41) is 39.0. The second-order valence-corrected chi connectivity index (χ2v) is 14.9. The molecule has 2 heterocycles. The number of primary amides is 1.